The predicted octanol–water partition coefficient (Wildman–Crippen LogP) is 1.84. The van der Waals surface area contributed by atoms with Crippen LogP contribution < -0.4 is 10.1 Å². The molecule has 1 aromatic carbocycles. The fraction of sp³-hybridized carbons (Fsp3) is 0.474. The molecule has 0 aliphatic carbocycles. The normalized spacial score (nSPS) is 21.1. The molecule has 2 saturated heterocycles. The molecule has 1 amide bonds. The molecule has 6 nitrogen and oxygen atoms in total. The van der Waals surface area contributed by atoms with E-state index in [4.69, 9.17) is 4.74 Å². The molecule has 2 aromatic rings. The van der Waals surface area contributed by atoms with Crippen molar-refractivity contribution in [2.75, 3.05) is 39.3 Å². The van der Waals surface area contributed by atoms with E-state index in [0.29, 0.717) is 24.0 Å². The maximum absolute atomic E-state index is 12.9. The number of hydrogen-bond acceptors (Lipinski definition) is 6. The van der Waals surface area contributed by atoms with Gasteiger partial charge >= 0.3 is 0 Å². The lowest BCUT2D eigenvalue weighted by atomic mass is 10.2. The van der Waals surface area contributed by atoms with Crippen molar-refractivity contribution in [2.45, 2.75) is 19.1 Å². The molecule has 3 heterocycles. The van der Waals surface area contributed by atoms with E-state index in [1.807, 2.05) is 34.5 Å². The van der Waals surface area contributed by atoms with Gasteiger partial charge in [0.05, 0.1) is 11.2 Å². The van der Waals surface area contributed by atoms with Crippen LogP contribution in [0.2, 0.25) is 0 Å². The third-order valence-electron chi connectivity index (χ3n) is 5.07. The summed E-state index contributed by atoms with van der Waals surface area (Å²) in [7, 11) is 0. The van der Waals surface area contributed by atoms with Crippen LogP contribution in [0, 0.1) is 0 Å². The maximum atomic E-state index is 12.9. The Balaban J connectivity index is 1.36. The van der Waals surface area contributed by atoms with Crippen molar-refractivity contribution in [3.8, 4) is 5.75 Å². The van der Waals surface area contributed by atoms with Crippen LogP contribution in [-0.4, -0.2) is 66.0 Å². The highest BCUT2D eigenvalue weighted by Gasteiger charge is 2.31. The number of nitrogens with zero attached hydrogens (tertiary/aromatic N) is 3. The zero-order valence-electron chi connectivity index (χ0n) is 14.8. The summed E-state index contributed by atoms with van der Waals surface area (Å²) in [5.74, 6) is 0.809. The summed E-state index contributed by atoms with van der Waals surface area (Å²) in [6.07, 6.45) is 1.06. The molecule has 0 bridgehead atoms. The number of rotatable bonds is 5. The van der Waals surface area contributed by atoms with Gasteiger partial charge in [0, 0.05) is 56.3 Å². The summed E-state index contributed by atoms with van der Waals surface area (Å²) in [4.78, 5) is 21.6. The predicted molar refractivity (Wildman–Crippen MR) is 102 cm³/mol. The molecule has 2 aliphatic rings. The Morgan fingerprint density at radius 3 is 3.00 bits per heavy atom. The van der Waals surface area contributed by atoms with Gasteiger partial charge in [-0.25, -0.2) is 4.98 Å². The van der Waals surface area contributed by atoms with Gasteiger partial charge < -0.3 is 15.0 Å². The number of piperazine rings is 1. The molecule has 7 heteroatoms. The van der Waals surface area contributed by atoms with E-state index in [9.17, 15) is 4.79 Å². The number of carbonyl (C=O) groups is 1. The van der Waals surface area contributed by atoms with Gasteiger partial charge in [0.15, 0.2) is 0 Å². The van der Waals surface area contributed by atoms with E-state index in [2.05, 4.69) is 15.2 Å². The number of thiazole rings is 1. The van der Waals surface area contributed by atoms with Crippen LogP contribution in [0.3, 0.4) is 0 Å². The highest BCUT2D eigenvalue weighted by Crippen LogP contribution is 2.21. The van der Waals surface area contributed by atoms with Gasteiger partial charge in [-0.05, 0) is 24.6 Å². The fourth-order valence-electron chi connectivity index (χ4n) is 3.64. The Hall–Kier alpha value is -1.96. The van der Waals surface area contributed by atoms with Crippen LogP contribution in [0.1, 0.15) is 22.5 Å². The van der Waals surface area contributed by atoms with Crippen LogP contribution in [0.5, 0.6) is 5.75 Å². The lowest BCUT2D eigenvalue weighted by molar-refractivity contribution is 0.0773. The first-order valence-electron chi connectivity index (χ1n) is 9.13. The second-order valence-electron chi connectivity index (χ2n) is 6.78. The molecular weight excluding hydrogens is 348 g/mol. The van der Waals surface area contributed by atoms with Crippen LogP contribution in [-0.2, 0) is 6.61 Å². The van der Waals surface area contributed by atoms with E-state index >= 15 is 0 Å². The molecule has 1 atom stereocenters. The lowest BCUT2D eigenvalue weighted by Gasteiger charge is -2.32. The van der Waals surface area contributed by atoms with Gasteiger partial charge in [-0.15, -0.1) is 11.3 Å². The second-order valence-corrected chi connectivity index (χ2v) is 7.49. The number of likely N-dealkylation sites (tertiary alicyclic amines) is 1. The van der Waals surface area contributed by atoms with Crippen molar-refractivity contribution >= 4 is 17.2 Å². The average molecular weight is 372 g/mol. The Morgan fingerprint density at radius 1 is 1.31 bits per heavy atom. The van der Waals surface area contributed by atoms with Crippen LogP contribution in [0.4, 0.5) is 0 Å². The zero-order chi connectivity index (χ0) is 17.8. The van der Waals surface area contributed by atoms with Crippen LogP contribution in [0.25, 0.3) is 0 Å². The Kier molecular flexibility index (Phi) is 5.48. The van der Waals surface area contributed by atoms with E-state index < -0.39 is 0 Å². The summed E-state index contributed by atoms with van der Waals surface area (Å²) >= 11 is 1.55. The summed E-state index contributed by atoms with van der Waals surface area (Å²) in [6, 6.07) is 7.97. The molecule has 1 aromatic heterocycles. The molecule has 2 fully saturated rings. The largest absolute Gasteiger partial charge is 0.487 e. The quantitative estimate of drug-likeness (QED) is 0.868. The van der Waals surface area contributed by atoms with Gasteiger partial charge in [-0.1, -0.05) is 6.07 Å². The zero-order valence-corrected chi connectivity index (χ0v) is 15.6. The summed E-state index contributed by atoms with van der Waals surface area (Å²) in [6.45, 7) is 6.32. The first-order chi connectivity index (χ1) is 12.8. The number of carbonyl (C=O) groups excluding carboxylic acids is 1. The number of aromatic nitrogens is 1. The molecule has 4 rings (SSSR count). The summed E-state index contributed by atoms with van der Waals surface area (Å²) in [5.41, 5.74) is 3.40. The van der Waals surface area contributed by atoms with Crippen molar-refractivity contribution in [3.63, 3.8) is 0 Å². The molecule has 1 unspecified atom stereocenters. The minimum Gasteiger partial charge on any atom is -0.487 e. The first kappa shape index (κ1) is 17.5. The van der Waals surface area contributed by atoms with E-state index in [0.717, 1.165) is 51.4 Å². The van der Waals surface area contributed by atoms with Gasteiger partial charge in [0.1, 0.15) is 12.4 Å². The van der Waals surface area contributed by atoms with Crippen molar-refractivity contribution in [2.24, 2.45) is 0 Å². The molecule has 1 N–H and O–H groups in total. The third kappa shape index (κ3) is 4.06. The van der Waals surface area contributed by atoms with Gasteiger partial charge in [-0.3, -0.25) is 9.69 Å². The molecule has 26 heavy (non-hydrogen) atoms. The number of benzene rings is 1. The summed E-state index contributed by atoms with van der Waals surface area (Å²) in [5, 5.41) is 5.35. The van der Waals surface area contributed by atoms with Gasteiger partial charge in [-0.2, -0.15) is 0 Å². The average Bonchev–Trinajstić information content (AvgIpc) is 3.39. The van der Waals surface area contributed by atoms with Crippen molar-refractivity contribution in [1.82, 2.24) is 20.1 Å². The maximum Gasteiger partial charge on any atom is 0.254 e. The minimum atomic E-state index is 0.0988. The second kappa shape index (κ2) is 8.16. The Morgan fingerprint density at radius 2 is 2.19 bits per heavy atom. The number of nitrogens with one attached hydrogen (secondary N) is 1. The van der Waals surface area contributed by atoms with Gasteiger partial charge in [0.2, 0.25) is 0 Å². The van der Waals surface area contributed by atoms with E-state index in [-0.39, 0.29) is 5.91 Å². The number of ether oxygens (including phenoxy) is 1. The van der Waals surface area contributed by atoms with E-state index in [1.165, 1.54) is 0 Å². The molecule has 2 aliphatic heterocycles. The molecule has 0 saturated carbocycles. The highest BCUT2D eigenvalue weighted by atomic mass is 32.1. The van der Waals surface area contributed by atoms with Crippen LogP contribution >= 0.6 is 11.3 Å². The SMILES string of the molecule is O=C(c1cccc(OCc2cscn2)c1)N1CCC(N2CCNCC2)C1. The molecule has 0 radical (unpaired) electrons. The van der Waals surface area contributed by atoms with E-state index in [1.54, 1.807) is 16.8 Å². The van der Waals surface area contributed by atoms with Gasteiger partial charge in [0.25, 0.3) is 5.91 Å². The van der Waals surface area contributed by atoms with Crippen molar-refractivity contribution < 1.29 is 9.53 Å². The Labute approximate surface area is 157 Å². The third-order valence-corrected chi connectivity index (χ3v) is 5.71. The summed E-state index contributed by atoms with van der Waals surface area (Å²) < 4.78 is 5.78. The first-order valence-corrected chi connectivity index (χ1v) is 10.1. The molecule has 0 spiro atoms. The smallest absolute Gasteiger partial charge is 0.254 e. The molecule has 138 valence electrons. The Bertz CT molecular complexity index is 731. The van der Waals surface area contributed by atoms with Crippen molar-refractivity contribution in [3.05, 3.63) is 46.4 Å². The lowest BCUT2D eigenvalue weighted by Crippen LogP contribution is -2.49. The standard InChI is InChI=1S/C19H24N4O2S/c24-19(23-7-4-17(11-23)22-8-5-20-6-9-22)15-2-1-3-18(10-15)25-12-16-13-26-14-21-16/h1-3,10,13-14,17,20H,4-9,11-12H2. The number of amides is 1. The minimum absolute atomic E-state index is 0.0988. The number of hydrogen-bond donors (Lipinski definition) is 1. The highest BCUT2D eigenvalue weighted by molar-refractivity contribution is 7.07. The van der Waals surface area contributed by atoms with Crippen LogP contribution in [0.15, 0.2) is 35.2 Å². The molecular formula is C19H24N4O2S. The topological polar surface area (TPSA) is 57.7 Å². The van der Waals surface area contributed by atoms with Crippen molar-refractivity contribution in [1.29, 1.82) is 0 Å². The monoisotopic (exact) mass is 372 g/mol. The fourth-order valence-corrected chi connectivity index (χ4v) is 4.18.